The molecular formula is C13H19N3. The summed E-state index contributed by atoms with van der Waals surface area (Å²) in [7, 11) is 0. The van der Waals surface area contributed by atoms with Gasteiger partial charge in [-0.15, -0.1) is 0 Å². The summed E-state index contributed by atoms with van der Waals surface area (Å²) in [5, 5.41) is 0. The van der Waals surface area contributed by atoms with E-state index in [0.29, 0.717) is 11.3 Å². The van der Waals surface area contributed by atoms with Gasteiger partial charge in [0.25, 0.3) is 0 Å². The Morgan fingerprint density at radius 1 is 1.25 bits per heavy atom. The lowest BCUT2D eigenvalue weighted by Crippen LogP contribution is -2.21. The molecule has 0 radical (unpaired) electrons. The molecule has 2 heterocycles. The van der Waals surface area contributed by atoms with Crippen molar-refractivity contribution >= 4 is 5.82 Å². The van der Waals surface area contributed by atoms with E-state index < -0.39 is 0 Å². The number of anilines is 1. The van der Waals surface area contributed by atoms with Crippen LogP contribution in [0.25, 0.3) is 0 Å². The van der Waals surface area contributed by atoms with Crippen LogP contribution in [0.5, 0.6) is 0 Å². The maximum atomic E-state index is 4.71. The van der Waals surface area contributed by atoms with Crippen LogP contribution in [-0.4, -0.2) is 23.1 Å². The highest BCUT2D eigenvalue weighted by atomic mass is 15.2. The topological polar surface area (TPSA) is 29.0 Å². The molecule has 0 unspecified atom stereocenters. The van der Waals surface area contributed by atoms with Crippen molar-refractivity contribution < 1.29 is 0 Å². The van der Waals surface area contributed by atoms with Gasteiger partial charge in [0.05, 0.1) is 11.9 Å². The zero-order valence-electron chi connectivity index (χ0n) is 10.1. The second-order valence-corrected chi connectivity index (χ2v) is 5.63. The van der Waals surface area contributed by atoms with Crippen molar-refractivity contribution in [1.29, 1.82) is 0 Å². The average Bonchev–Trinajstić information content (AvgIpc) is 2.89. The van der Waals surface area contributed by atoms with E-state index >= 15 is 0 Å². The van der Waals surface area contributed by atoms with Crippen molar-refractivity contribution in [2.75, 3.05) is 18.0 Å². The van der Waals surface area contributed by atoms with E-state index in [9.17, 15) is 0 Å². The van der Waals surface area contributed by atoms with Crippen molar-refractivity contribution in [2.24, 2.45) is 5.41 Å². The first-order chi connectivity index (χ1) is 7.69. The van der Waals surface area contributed by atoms with E-state index in [1.165, 1.54) is 25.8 Å². The maximum Gasteiger partial charge on any atom is 0.147 e. The van der Waals surface area contributed by atoms with E-state index in [4.69, 9.17) is 4.98 Å². The van der Waals surface area contributed by atoms with Crippen LogP contribution >= 0.6 is 0 Å². The number of rotatable bonds is 2. The molecule has 1 aliphatic carbocycles. The molecule has 3 heteroatoms. The third kappa shape index (κ3) is 1.68. The Hall–Kier alpha value is -1.12. The van der Waals surface area contributed by atoms with Crippen LogP contribution in [0.2, 0.25) is 0 Å². The zero-order valence-corrected chi connectivity index (χ0v) is 10.1. The van der Waals surface area contributed by atoms with Crippen molar-refractivity contribution in [3.63, 3.8) is 0 Å². The monoisotopic (exact) mass is 217 g/mol. The Labute approximate surface area is 96.9 Å². The third-order valence-electron chi connectivity index (χ3n) is 3.95. The highest BCUT2D eigenvalue weighted by Crippen LogP contribution is 2.53. The normalized spacial score (nSPS) is 22.1. The van der Waals surface area contributed by atoms with Crippen molar-refractivity contribution in [1.82, 2.24) is 9.97 Å². The van der Waals surface area contributed by atoms with Gasteiger partial charge in [-0.1, -0.05) is 13.8 Å². The lowest BCUT2D eigenvalue weighted by molar-refractivity contribution is 0.580. The molecule has 0 amide bonds. The highest BCUT2D eigenvalue weighted by molar-refractivity contribution is 5.40. The molecule has 0 aromatic carbocycles. The predicted molar refractivity (Wildman–Crippen MR) is 64.6 cm³/mol. The Kier molecular flexibility index (Phi) is 2.16. The maximum absolute atomic E-state index is 4.71. The Bertz CT molecular complexity index is 396. The van der Waals surface area contributed by atoms with Crippen LogP contribution in [-0.2, 0) is 0 Å². The van der Waals surface area contributed by atoms with E-state index in [2.05, 4.69) is 23.7 Å². The van der Waals surface area contributed by atoms with Gasteiger partial charge >= 0.3 is 0 Å². The minimum Gasteiger partial charge on any atom is -0.355 e. The molecule has 2 aliphatic rings. The van der Waals surface area contributed by atoms with Gasteiger partial charge in [0.2, 0.25) is 0 Å². The number of hydrogen-bond donors (Lipinski definition) is 0. The summed E-state index contributed by atoms with van der Waals surface area (Å²) >= 11 is 0. The van der Waals surface area contributed by atoms with E-state index in [-0.39, 0.29) is 0 Å². The van der Waals surface area contributed by atoms with Crippen molar-refractivity contribution in [3.8, 4) is 0 Å². The first-order valence-corrected chi connectivity index (χ1v) is 6.25. The van der Waals surface area contributed by atoms with Gasteiger partial charge in [0.15, 0.2) is 0 Å². The number of aromatic nitrogens is 2. The van der Waals surface area contributed by atoms with Gasteiger partial charge in [0, 0.05) is 19.3 Å². The standard InChI is InChI=1S/C13H19N3/c1-10(2)11-7-14-8-12(15-11)16-6-5-13(9-16)3-4-13/h7-8,10H,3-6,9H2,1-2H3. The fourth-order valence-corrected chi connectivity index (χ4v) is 2.52. The first-order valence-electron chi connectivity index (χ1n) is 6.25. The van der Waals surface area contributed by atoms with E-state index in [0.717, 1.165) is 18.1 Å². The predicted octanol–water partition coefficient (Wildman–Crippen LogP) is 2.59. The SMILES string of the molecule is CC(C)c1cncc(N2CCC3(CC3)C2)n1. The van der Waals surface area contributed by atoms with E-state index in [1.54, 1.807) is 0 Å². The summed E-state index contributed by atoms with van der Waals surface area (Å²) in [5.41, 5.74) is 1.77. The van der Waals surface area contributed by atoms with E-state index in [1.807, 2.05) is 12.4 Å². The molecule has 2 fully saturated rings. The minimum atomic E-state index is 0.463. The Morgan fingerprint density at radius 2 is 2.06 bits per heavy atom. The van der Waals surface area contributed by atoms with Gasteiger partial charge in [-0.05, 0) is 30.6 Å². The Balaban J connectivity index is 1.81. The van der Waals surface area contributed by atoms with Gasteiger partial charge in [-0.2, -0.15) is 0 Å². The second-order valence-electron chi connectivity index (χ2n) is 5.63. The molecule has 1 aliphatic heterocycles. The lowest BCUT2D eigenvalue weighted by atomic mass is 10.1. The molecule has 1 aromatic heterocycles. The fraction of sp³-hybridized carbons (Fsp3) is 0.692. The van der Waals surface area contributed by atoms with Crippen LogP contribution in [0, 0.1) is 5.41 Å². The molecule has 3 nitrogen and oxygen atoms in total. The summed E-state index contributed by atoms with van der Waals surface area (Å²) in [6.45, 7) is 6.69. The molecule has 1 saturated heterocycles. The summed E-state index contributed by atoms with van der Waals surface area (Å²) in [6.07, 6.45) is 7.98. The quantitative estimate of drug-likeness (QED) is 0.762. The molecule has 16 heavy (non-hydrogen) atoms. The lowest BCUT2D eigenvalue weighted by Gasteiger charge is -2.18. The van der Waals surface area contributed by atoms with Gasteiger partial charge in [-0.25, -0.2) is 4.98 Å². The van der Waals surface area contributed by atoms with Crippen molar-refractivity contribution in [3.05, 3.63) is 18.1 Å². The molecule has 1 aromatic rings. The molecule has 86 valence electrons. The summed E-state index contributed by atoms with van der Waals surface area (Å²) in [4.78, 5) is 11.4. The molecule has 0 N–H and O–H groups in total. The Morgan fingerprint density at radius 3 is 2.69 bits per heavy atom. The smallest absolute Gasteiger partial charge is 0.147 e. The van der Waals surface area contributed by atoms with Crippen LogP contribution in [0.3, 0.4) is 0 Å². The molecular weight excluding hydrogens is 198 g/mol. The van der Waals surface area contributed by atoms with Crippen LogP contribution in [0.15, 0.2) is 12.4 Å². The molecule has 1 spiro atoms. The van der Waals surface area contributed by atoms with Gasteiger partial charge in [-0.3, -0.25) is 4.98 Å². The molecule has 0 atom stereocenters. The largest absolute Gasteiger partial charge is 0.355 e. The third-order valence-corrected chi connectivity index (χ3v) is 3.95. The second kappa shape index (κ2) is 3.44. The highest BCUT2D eigenvalue weighted by Gasteiger charge is 2.47. The summed E-state index contributed by atoms with van der Waals surface area (Å²) in [5.74, 6) is 1.54. The summed E-state index contributed by atoms with van der Waals surface area (Å²) in [6, 6.07) is 0. The first kappa shape index (κ1) is 10.1. The zero-order chi connectivity index (χ0) is 11.2. The average molecular weight is 217 g/mol. The van der Waals surface area contributed by atoms with Crippen LogP contribution in [0.4, 0.5) is 5.82 Å². The molecule has 0 bridgehead atoms. The van der Waals surface area contributed by atoms with Crippen LogP contribution < -0.4 is 4.90 Å². The fourth-order valence-electron chi connectivity index (χ4n) is 2.52. The number of hydrogen-bond acceptors (Lipinski definition) is 3. The van der Waals surface area contributed by atoms with Gasteiger partial charge < -0.3 is 4.90 Å². The summed E-state index contributed by atoms with van der Waals surface area (Å²) < 4.78 is 0. The van der Waals surface area contributed by atoms with Crippen molar-refractivity contribution in [2.45, 2.75) is 39.0 Å². The van der Waals surface area contributed by atoms with Crippen LogP contribution in [0.1, 0.15) is 44.7 Å². The molecule has 3 rings (SSSR count). The number of nitrogens with zero attached hydrogens (tertiary/aromatic N) is 3. The molecule has 1 saturated carbocycles. The minimum absolute atomic E-state index is 0.463. The van der Waals surface area contributed by atoms with Gasteiger partial charge in [0.1, 0.15) is 5.82 Å².